The van der Waals surface area contributed by atoms with E-state index < -0.39 is 0 Å². The maximum absolute atomic E-state index is 4.83. The molecule has 0 radical (unpaired) electrons. The van der Waals surface area contributed by atoms with Crippen LogP contribution in [-0.4, -0.2) is 16.1 Å². The van der Waals surface area contributed by atoms with Gasteiger partial charge in [0.1, 0.15) is 0 Å². The molecule has 0 spiro atoms. The molecule has 1 aliphatic rings. The van der Waals surface area contributed by atoms with Crippen molar-refractivity contribution in [2.45, 2.75) is 53.1 Å². The number of aryl methyl sites for hydroxylation is 2. The second-order valence-electron chi connectivity index (χ2n) is 7.19. The normalized spacial score (nSPS) is 13.6. The van der Waals surface area contributed by atoms with Crippen LogP contribution < -0.4 is 4.90 Å². The van der Waals surface area contributed by atoms with Gasteiger partial charge < -0.3 is 9.47 Å². The smallest absolute Gasteiger partial charge is 0.153 e. The molecule has 138 valence electrons. The van der Waals surface area contributed by atoms with Crippen LogP contribution in [-0.2, 0) is 19.5 Å². The van der Waals surface area contributed by atoms with Crippen LogP contribution in [0.25, 0.3) is 10.9 Å². The van der Waals surface area contributed by atoms with E-state index in [4.69, 9.17) is 4.98 Å². The zero-order valence-electron chi connectivity index (χ0n) is 16.0. The van der Waals surface area contributed by atoms with E-state index in [1.807, 2.05) is 6.20 Å². The summed E-state index contributed by atoms with van der Waals surface area (Å²) in [6.07, 6.45) is 5.50. The number of aromatic nitrogens is 2. The van der Waals surface area contributed by atoms with Gasteiger partial charge in [0, 0.05) is 36.9 Å². The van der Waals surface area contributed by atoms with Gasteiger partial charge in [-0.15, -0.1) is 12.4 Å². The molecule has 4 heteroatoms. The van der Waals surface area contributed by atoms with Gasteiger partial charge in [-0.1, -0.05) is 37.6 Å². The Hall–Kier alpha value is -2.00. The van der Waals surface area contributed by atoms with Crippen molar-refractivity contribution in [1.29, 1.82) is 0 Å². The second kappa shape index (κ2) is 7.71. The van der Waals surface area contributed by atoms with Crippen LogP contribution in [0.1, 0.15) is 42.1 Å². The first-order valence-electron chi connectivity index (χ1n) is 9.46. The van der Waals surface area contributed by atoms with Gasteiger partial charge in [-0.2, -0.15) is 0 Å². The lowest BCUT2D eigenvalue weighted by Gasteiger charge is -2.30. The summed E-state index contributed by atoms with van der Waals surface area (Å²) in [4.78, 5) is 7.30. The quantitative estimate of drug-likeness (QED) is 0.610. The number of unbranched alkanes of at least 4 members (excludes halogenated alkanes) is 1. The zero-order valence-corrected chi connectivity index (χ0v) is 16.8. The molecule has 2 aromatic heterocycles. The van der Waals surface area contributed by atoms with Crippen LogP contribution in [0.15, 0.2) is 36.5 Å². The zero-order chi connectivity index (χ0) is 17.4. The number of halogens is 1. The molecule has 1 aliphatic heterocycles. The number of rotatable bonds is 4. The summed E-state index contributed by atoms with van der Waals surface area (Å²) in [5, 5.41) is 1.36. The Morgan fingerprint density at radius 2 is 1.85 bits per heavy atom. The summed E-state index contributed by atoms with van der Waals surface area (Å²) in [5.41, 5.74) is 7.03. The van der Waals surface area contributed by atoms with Gasteiger partial charge in [-0.05, 0) is 49.4 Å². The van der Waals surface area contributed by atoms with Gasteiger partial charge in [-0.3, -0.25) is 0 Å². The number of hydrogen-bond donors (Lipinski definition) is 0. The van der Waals surface area contributed by atoms with E-state index in [0.29, 0.717) is 0 Å². The topological polar surface area (TPSA) is 21.1 Å². The van der Waals surface area contributed by atoms with Gasteiger partial charge in [0.2, 0.25) is 0 Å². The molecule has 0 bridgehead atoms. The largest absolute Gasteiger partial charge is 0.350 e. The highest BCUT2D eigenvalue weighted by atomic mass is 35.5. The van der Waals surface area contributed by atoms with E-state index in [1.165, 1.54) is 46.1 Å². The summed E-state index contributed by atoms with van der Waals surface area (Å²) >= 11 is 0. The van der Waals surface area contributed by atoms with Gasteiger partial charge in [0.05, 0.1) is 5.52 Å². The fraction of sp³-hybridized carbons (Fsp3) is 0.409. The molecule has 3 nitrogen and oxygen atoms in total. The third kappa shape index (κ3) is 3.09. The van der Waals surface area contributed by atoms with Crippen molar-refractivity contribution in [2.24, 2.45) is 0 Å². The molecule has 0 amide bonds. The first kappa shape index (κ1) is 18.8. The summed E-state index contributed by atoms with van der Waals surface area (Å²) in [5.74, 6) is 1.15. The van der Waals surface area contributed by atoms with Crippen molar-refractivity contribution >= 4 is 29.1 Å². The number of nitrogens with zero attached hydrogens (tertiary/aromatic N) is 3. The molecule has 3 heterocycles. The molecule has 4 rings (SSSR count). The average Bonchev–Trinajstić information content (AvgIpc) is 2.90. The highest BCUT2D eigenvalue weighted by molar-refractivity contribution is 5.93. The van der Waals surface area contributed by atoms with Crippen molar-refractivity contribution in [1.82, 2.24) is 9.55 Å². The van der Waals surface area contributed by atoms with Crippen molar-refractivity contribution in [3.63, 3.8) is 0 Å². The maximum Gasteiger partial charge on any atom is 0.153 e. The van der Waals surface area contributed by atoms with E-state index in [2.05, 4.69) is 60.6 Å². The summed E-state index contributed by atoms with van der Waals surface area (Å²) in [7, 11) is 0. The summed E-state index contributed by atoms with van der Waals surface area (Å²) < 4.78 is 2.50. The minimum Gasteiger partial charge on any atom is -0.350 e. The number of fused-ring (bicyclic) bond motifs is 2. The van der Waals surface area contributed by atoms with Crippen LogP contribution in [0.5, 0.6) is 0 Å². The van der Waals surface area contributed by atoms with Gasteiger partial charge in [0.15, 0.2) is 5.82 Å². The molecule has 0 unspecified atom stereocenters. The van der Waals surface area contributed by atoms with Gasteiger partial charge in [-0.25, -0.2) is 4.98 Å². The third-order valence-corrected chi connectivity index (χ3v) is 5.69. The Balaban J connectivity index is 0.00000196. The first-order valence-corrected chi connectivity index (χ1v) is 9.46. The number of benzene rings is 1. The lowest BCUT2D eigenvalue weighted by molar-refractivity contribution is 0.633. The Labute approximate surface area is 162 Å². The van der Waals surface area contributed by atoms with Crippen LogP contribution in [0.2, 0.25) is 0 Å². The Bertz CT molecular complexity index is 913. The number of anilines is 1. The Kier molecular flexibility index (Phi) is 5.57. The molecule has 0 atom stereocenters. The van der Waals surface area contributed by atoms with Crippen molar-refractivity contribution in [3.8, 4) is 0 Å². The molecule has 0 saturated heterocycles. The van der Waals surface area contributed by atoms with Crippen LogP contribution in [0.3, 0.4) is 0 Å². The fourth-order valence-corrected chi connectivity index (χ4v) is 4.08. The van der Waals surface area contributed by atoms with E-state index in [0.717, 1.165) is 31.9 Å². The van der Waals surface area contributed by atoms with Gasteiger partial charge >= 0.3 is 0 Å². The second-order valence-corrected chi connectivity index (χ2v) is 7.19. The van der Waals surface area contributed by atoms with Crippen LogP contribution in [0, 0.1) is 13.8 Å². The molecule has 3 aromatic rings. The lowest BCUT2D eigenvalue weighted by Crippen LogP contribution is -2.31. The molecule has 0 aliphatic carbocycles. The molecule has 0 saturated carbocycles. The lowest BCUT2D eigenvalue weighted by atomic mass is 10.00. The molecule has 0 N–H and O–H groups in total. The highest BCUT2D eigenvalue weighted by Crippen LogP contribution is 2.34. The van der Waals surface area contributed by atoms with Gasteiger partial charge in [0.25, 0.3) is 0 Å². The van der Waals surface area contributed by atoms with Crippen molar-refractivity contribution in [3.05, 3.63) is 58.9 Å². The maximum atomic E-state index is 4.83. The third-order valence-electron chi connectivity index (χ3n) is 5.69. The first-order chi connectivity index (χ1) is 12.2. The minimum atomic E-state index is 0. The molecular formula is C22H28ClN3. The SMILES string of the molecule is CCCCn1c(C)c(C)c2ccnc(N3CCc4ccccc4C3)c21.Cl. The van der Waals surface area contributed by atoms with Crippen molar-refractivity contribution < 1.29 is 0 Å². The van der Waals surface area contributed by atoms with E-state index in [1.54, 1.807) is 0 Å². The Morgan fingerprint density at radius 1 is 1.08 bits per heavy atom. The van der Waals surface area contributed by atoms with E-state index in [-0.39, 0.29) is 12.4 Å². The molecule has 0 fully saturated rings. The average molecular weight is 370 g/mol. The number of pyridine rings is 1. The predicted molar refractivity (Wildman–Crippen MR) is 113 cm³/mol. The molecule has 26 heavy (non-hydrogen) atoms. The standard InChI is InChI=1S/C22H27N3.ClH/c1-4-5-13-25-17(3)16(2)20-10-12-23-22(21(20)25)24-14-11-18-8-6-7-9-19(18)15-24;/h6-10,12H,4-5,11,13-15H2,1-3H3;1H. The predicted octanol–water partition coefficient (Wildman–Crippen LogP) is 5.44. The fourth-order valence-electron chi connectivity index (χ4n) is 4.08. The number of hydrogen-bond acceptors (Lipinski definition) is 2. The molecular weight excluding hydrogens is 342 g/mol. The van der Waals surface area contributed by atoms with E-state index in [9.17, 15) is 0 Å². The Morgan fingerprint density at radius 3 is 2.62 bits per heavy atom. The van der Waals surface area contributed by atoms with E-state index >= 15 is 0 Å². The molecule has 1 aromatic carbocycles. The van der Waals surface area contributed by atoms with Crippen LogP contribution >= 0.6 is 12.4 Å². The highest BCUT2D eigenvalue weighted by Gasteiger charge is 2.22. The monoisotopic (exact) mass is 369 g/mol. The summed E-state index contributed by atoms with van der Waals surface area (Å²) in [6, 6.07) is 11.0. The van der Waals surface area contributed by atoms with Crippen LogP contribution in [0.4, 0.5) is 5.82 Å². The summed E-state index contributed by atoms with van der Waals surface area (Å²) in [6.45, 7) is 9.83. The minimum absolute atomic E-state index is 0. The van der Waals surface area contributed by atoms with Crippen molar-refractivity contribution in [2.75, 3.05) is 11.4 Å².